The van der Waals surface area contributed by atoms with Crippen molar-refractivity contribution in [2.24, 2.45) is 0 Å². The molecule has 1 amide bonds. The maximum atomic E-state index is 12.8. The maximum absolute atomic E-state index is 12.8. The van der Waals surface area contributed by atoms with Gasteiger partial charge in [-0.3, -0.25) is 4.79 Å². The molecule has 92 valence electrons. The number of halogens is 1. The van der Waals surface area contributed by atoms with Crippen LogP contribution in [0.5, 0.6) is 0 Å². The van der Waals surface area contributed by atoms with Crippen molar-refractivity contribution in [1.82, 2.24) is 10.5 Å². The topological polar surface area (TPSA) is 55.1 Å². The molecule has 0 atom stereocenters. The fourth-order valence-electron chi connectivity index (χ4n) is 1.47. The monoisotopic (exact) mass is 246 g/mol. The maximum Gasteiger partial charge on any atom is 0.257 e. The highest BCUT2D eigenvalue weighted by Gasteiger charge is 2.17. The second-order valence-electron chi connectivity index (χ2n) is 3.57. The first-order valence-electron chi connectivity index (χ1n) is 5.32. The van der Waals surface area contributed by atoms with Crippen LogP contribution < -0.4 is 5.32 Å². The molecule has 1 aromatic heterocycles. The Kier molecular flexibility index (Phi) is 3.52. The van der Waals surface area contributed by atoms with E-state index in [1.165, 1.54) is 30.5 Å². The first-order chi connectivity index (χ1) is 8.72. The largest absolute Gasteiger partial charge is 0.355 e. The summed E-state index contributed by atoms with van der Waals surface area (Å²) in [4.78, 5) is 11.8. The minimum Gasteiger partial charge on any atom is -0.355 e. The van der Waals surface area contributed by atoms with Crippen LogP contribution in [-0.4, -0.2) is 17.6 Å². The summed E-state index contributed by atoms with van der Waals surface area (Å²) in [5, 5.41) is 6.22. The van der Waals surface area contributed by atoms with E-state index in [0.29, 0.717) is 23.4 Å². The smallest absolute Gasteiger partial charge is 0.257 e. The van der Waals surface area contributed by atoms with Gasteiger partial charge >= 0.3 is 0 Å². The predicted octanol–water partition coefficient (Wildman–Crippen LogP) is 2.40. The molecule has 0 spiro atoms. The molecule has 0 radical (unpaired) electrons. The van der Waals surface area contributed by atoms with Gasteiger partial charge in [0.25, 0.3) is 5.91 Å². The highest BCUT2D eigenvalue weighted by atomic mass is 19.1. The predicted molar refractivity (Wildman–Crippen MR) is 64.4 cm³/mol. The van der Waals surface area contributed by atoms with Gasteiger partial charge in [-0.2, -0.15) is 0 Å². The van der Waals surface area contributed by atoms with E-state index in [4.69, 9.17) is 4.52 Å². The van der Waals surface area contributed by atoms with E-state index in [2.05, 4.69) is 17.1 Å². The fourth-order valence-corrected chi connectivity index (χ4v) is 1.47. The normalized spacial score (nSPS) is 10.1. The molecule has 18 heavy (non-hydrogen) atoms. The van der Waals surface area contributed by atoms with Crippen molar-refractivity contribution in [3.05, 3.63) is 54.5 Å². The third-order valence-corrected chi connectivity index (χ3v) is 2.33. The molecule has 4 nitrogen and oxygen atoms in total. The van der Waals surface area contributed by atoms with E-state index >= 15 is 0 Å². The van der Waals surface area contributed by atoms with Crippen LogP contribution in [0.1, 0.15) is 10.4 Å². The molecule has 0 bridgehead atoms. The fraction of sp³-hybridized carbons (Fsp3) is 0.0769. The minimum atomic E-state index is -0.351. The zero-order valence-corrected chi connectivity index (χ0v) is 9.52. The van der Waals surface area contributed by atoms with Gasteiger partial charge in [0, 0.05) is 12.1 Å². The average Bonchev–Trinajstić information content (AvgIpc) is 2.86. The summed E-state index contributed by atoms with van der Waals surface area (Å²) in [6.45, 7) is 3.86. The Balaban J connectivity index is 2.29. The molecule has 0 aliphatic rings. The molecule has 1 N–H and O–H groups in total. The highest BCUT2D eigenvalue weighted by molar-refractivity contribution is 5.99. The third-order valence-electron chi connectivity index (χ3n) is 2.33. The number of carbonyl (C=O) groups is 1. The van der Waals surface area contributed by atoms with Gasteiger partial charge in [-0.15, -0.1) is 6.58 Å². The van der Waals surface area contributed by atoms with Crippen LogP contribution in [0, 0.1) is 5.82 Å². The SMILES string of the molecule is C=CCNC(=O)c1cnoc1-c1ccc(F)cc1. The lowest BCUT2D eigenvalue weighted by Gasteiger charge is -2.02. The van der Waals surface area contributed by atoms with Crippen LogP contribution in [0.2, 0.25) is 0 Å². The first kappa shape index (κ1) is 12.0. The summed E-state index contributed by atoms with van der Waals surface area (Å²) in [6, 6.07) is 5.65. The Morgan fingerprint density at radius 2 is 2.17 bits per heavy atom. The highest BCUT2D eigenvalue weighted by Crippen LogP contribution is 2.23. The van der Waals surface area contributed by atoms with Gasteiger partial charge in [-0.05, 0) is 24.3 Å². The lowest BCUT2D eigenvalue weighted by atomic mass is 10.1. The molecule has 0 saturated carbocycles. The third kappa shape index (κ3) is 2.45. The molecule has 1 aromatic carbocycles. The number of nitrogens with zero attached hydrogens (tertiary/aromatic N) is 1. The zero-order valence-electron chi connectivity index (χ0n) is 9.52. The summed E-state index contributed by atoms with van der Waals surface area (Å²) < 4.78 is 17.8. The number of benzene rings is 1. The number of rotatable bonds is 4. The van der Waals surface area contributed by atoms with Gasteiger partial charge in [0.2, 0.25) is 0 Å². The molecule has 2 aromatic rings. The van der Waals surface area contributed by atoms with E-state index in [1.54, 1.807) is 6.08 Å². The van der Waals surface area contributed by atoms with Gasteiger partial charge in [-0.25, -0.2) is 4.39 Å². The summed E-state index contributed by atoms with van der Waals surface area (Å²) in [6.07, 6.45) is 2.90. The lowest BCUT2D eigenvalue weighted by molar-refractivity contribution is 0.0958. The zero-order chi connectivity index (χ0) is 13.0. The van der Waals surface area contributed by atoms with Crippen LogP contribution in [0.3, 0.4) is 0 Å². The summed E-state index contributed by atoms with van der Waals surface area (Å²) in [5.41, 5.74) is 0.904. The van der Waals surface area contributed by atoms with E-state index in [9.17, 15) is 9.18 Å². The standard InChI is InChI=1S/C13H11FN2O2/c1-2-7-15-13(17)11-8-16-18-12(11)9-3-5-10(14)6-4-9/h2-6,8H,1,7H2,(H,15,17). The van der Waals surface area contributed by atoms with Crippen molar-refractivity contribution >= 4 is 5.91 Å². The molecular formula is C13H11FN2O2. The quantitative estimate of drug-likeness (QED) is 0.843. The van der Waals surface area contributed by atoms with Gasteiger partial charge in [0.05, 0.1) is 6.20 Å². The number of hydrogen-bond acceptors (Lipinski definition) is 3. The van der Waals surface area contributed by atoms with Crippen molar-refractivity contribution < 1.29 is 13.7 Å². The summed E-state index contributed by atoms with van der Waals surface area (Å²) in [5.74, 6) is -0.344. The number of hydrogen-bond donors (Lipinski definition) is 1. The summed E-state index contributed by atoms with van der Waals surface area (Å²) >= 11 is 0. The Morgan fingerprint density at radius 3 is 2.83 bits per heavy atom. The van der Waals surface area contributed by atoms with E-state index in [1.807, 2.05) is 0 Å². The Hall–Kier alpha value is -2.43. The average molecular weight is 246 g/mol. The summed E-state index contributed by atoms with van der Waals surface area (Å²) in [7, 11) is 0. The Bertz CT molecular complexity index is 561. The molecule has 0 unspecified atom stereocenters. The molecular weight excluding hydrogens is 235 g/mol. The molecule has 0 fully saturated rings. The van der Waals surface area contributed by atoms with Crippen molar-refractivity contribution in [3.63, 3.8) is 0 Å². The van der Waals surface area contributed by atoms with Crippen molar-refractivity contribution in [2.45, 2.75) is 0 Å². The Morgan fingerprint density at radius 1 is 1.44 bits per heavy atom. The van der Waals surface area contributed by atoms with Crippen molar-refractivity contribution in [3.8, 4) is 11.3 Å². The second-order valence-corrected chi connectivity index (χ2v) is 3.57. The number of nitrogens with one attached hydrogen (secondary N) is 1. The molecule has 0 saturated heterocycles. The van der Waals surface area contributed by atoms with Gasteiger partial charge < -0.3 is 9.84 Å². The number of aromatic nitrogens is 1. The first-order valence-corrected chi connectivity index (χ1v) is 5.32. The van der Waals surface area contributed by atoms with Crippen LogP contribution in [-0.2, 0) is 0 Å². The van der Waals surface area contributed by atoms with Crippen LogP contribution in [0.4, 0.5) is 4.39 Å². The molecule has 0 aliphatic carbocycles. The van der Waals surface area contributed by atoms with Gasteiger partial charge in [-0.1, -0.05) is 11.2 Å². The van der Waals surface area contributed by atoms with Gasteiger partial charge in [0.1, 0.15) is 11.4 Å². The number of amides is 1. The minimum absolute atomic E-state index is 0.309. The van der Waals surface area contributed by atoms with Crippen LogP contribution >= 0.6 is 0 Å². The molecule has 2 rings (SSSR count). The van der Waals surface area contributed by atoms with Crippen molar-refractivity contribution in [1.29, 1.82) is 0 Å². The molecule has 1 heterocycles. The molecule has 0 aliphatic heterocycles. The van der Waals surface area contributed by atoms with E-state index in [0.717, 1.165) is 0 Å². The van der Waals surface area contributed by atoms with Gasteiger partial charge in [0.15, 0.2) is 5.76 Å². The lowest BCUT2D eigenvalue weighted by Crippen LogP contribution is -2.23. The van der Waals surface area contributed by atoms with Crippen molar-refractivity contribution in [2.75, 3.05) is 6.54 Å². The van der Waals surface area contributed by atoms with E-state index in [-0.39, 0.29) is 11.7 Å². The van der Waals surface area contributed by atoms with E-state index < -0.39 is 0 Å². The second kappa shape index (κ2) is 5.27. The Labute approximate surface area is 103 Å². The number of carbonyl (C=O) groups excluding carboxylic acids is 1. The van der Waals surface area contributed by atoms with Crippen LogP contribution in [0.15, 0.2) is 47.6 Å². The van der Waals surface area contributed by atoms with Crippen LogP contribution in [0.25, 0.3) is 11.3 Å². The molecule has 5 heteroatoms.